The van der Waals surface area contributed by atoms with Crippen molar-refractivity contribution >= 4 is 23.8 Å². The van der Waals surface area contributed by atoms with Gasteiger partial charge in [0, 0.05) is 11.4 Å². The maximum atomic E-state index is 5.86. The Balaban J connectivity index is 2.26. The van der Waals surface area contributed by atoms with Crippen LogP contribution in [0.25, 0.3) is 0 Å². The predicted molar refractivity (Wildman–Crippen MR) is 72.0 cm³/mol. The van der Waals surface area contributed by atoms with Crippen LogP contribution in [0.3, 0.4) is 0 Å². The Labute approximate surface area is 110 Å². The van der Waals surface area contributed by atoms with Crippen molar-refractivity contribution in [2.45, 2.75) is 26.3 Å². The molecule has 1 heterocycles. The summed E-state index contributed by atoms with van der Waals surface area (Å²) in [5, 5.41) is 7.83. The fourth-order valence-corrected chi connectivity index (χ4v) is 2.04. The van der Waals surface area contributed by atoms with Crippen LogP contribution in [0.1, 0.15) is 24.7 Å². The Morgan fingerprint density at radius 2 is 2.06 bits per heavy atom. The van der Waals surface area contributed by atoms with Gasteiger partial charge in [0.1, 0.15) is 5.82 Å². The first-order valence-corrected chi connectivity index (χ1v) is 6.38. The van der Waals surface area contributed by atoms with Crippen LogP contribution in [0.2, 0.25) is 5.02 Å². The molecule has 0 atom stereocenters. The van der Waals surface area contributed by atoms with Gasteiger partial charge in [0.05, 0.1) is 6.54 Å². The highest BCUT2D eigenvalue weighted by atomic mass is 35.5. The Morgan fingerprint density at radius 1 is 1.35 bits per heavy atom. The number of hydrogen-bond donors (Lipinski definition) is 1. The third-order valence-corrected chi connectivity index (χ3v) is 3.13. The Hall–Kier alpha value is -1.13. The van der Waals surface area contributed by atoms with Crippen LogP contribution in [0.4, 0.5) is 0 Å². The molecule has 0 aliphatic rings. The fraction of sp³-hybridized carbons (Fsp3) is 0.333. The van der Waals surface area contributed by atoms with Crippen molar-refractivity contribution in [3.05, 3.63) is 45.4 Å². The Bertz CT molecular complexity index is 542. The number of benzene rings is 1. The van der Waals surface area contributed by atoms with E-state index in [4.69, 9.17) is 23.8 Å². The number of halogens is 1. The van der Waals surface area contributed by atoms with Crippen LogP contribution in [0.5, 0.6) is 0 Å². The van der Waals surface area contributed by atoms with Crippen LogP contribution < -0.4 is 0 Å². The van der Waals surface area contributed by atoms with Crippen LogP contribution in [-0.4, -0.2) is 14.8 Å². The van der Waals surface area contributed by atoms with Crippen molar-refractivity contribution in [3.8, 4) is 0 Å². The molecular weight excluding hydrogens is 254 g/mol. The Kier molecular flexibility index (Phi) is 3.97. The van der Waals surface area contributed by atoms with Gasteiger partial charge in [-0.15, -0.1) is 0 Å². The first-order chi connectivity index (χ1) is 8.20. The third kappa shape index (κ3) is 2.96. The van der Waals surface area contributed by atoms with E-state index in [0.717, 1.165) is 30.2 Å². The van der Waals surface area contributed by atoms with Crippen LogP contribution in [0.15, 0.2) is 24.3 Å². The minimum atomic E-state index is 0.670. The summed E-state index contributed by atoms with van der Waals surface area (Å²) in [6.07, 6.45) is 1.99. The molecule has 0 fully saturated rings. The van der Waals surface area contributed by atoms with Gasteiger partial charge in [0.15, 0.2) is 4.77 Å². The molecule has 0 aliphatic heterocycles. The van der Waals surface area contributed by atoms with E-state index in [1.807, 2.05) is 28.8 Å². The van der Waals surface area contributed by atoms with Gasteiger partial charge in [-0.05, 0) is 36.3 Å². The van der Waals surface area contributed by atoms with E-state index in [-0.39, 0.29) is 0 Å². The van der Waals surface area contributed by atoms with Crippen molar-refractivity contribution in [1.82, 2.24) is 14.8 Å². The van der Waals surface area contributed by atoms with Crippen molar-refractivity contribution < 1.29 is 0 Å². The number of rotatable bonds is 4. The second-order valence-electron chi connectivity index (χ2n) is 3.91. The molecule has 0 radical (unpaired) electrons. The molecule has 1 aromatic carbocycles. The lowest BCUT2D eigenvalue weighted by Crippen LogP contribution is -2.05. The molecule has 3 nitrogen and oxygen atoms in total. The average Bonchev–Trinajstić information content (AvgIpc) is 2.65. The highest BCUT2D eigenvalue weighted by Gasteiger charge is 2.05. The number of aromatic nitrogens is 3. The molecule has 0 unspecified atom stereocenters. The minimum absolute atomic E-state index is 0.670. The highest BCUT2D eigenvalue weighted by molar-refractivity contribution is 7.71. The van der Waals surface area contributed by atoms with E-state index in [1.54, 1.807) is 0 Å². The van der Waals surface area contributed by atoms with Crippen molar-refractivity contribution in [2.24, 2.45) is 0 Å². The molecule has 1 aromatic heterocycles. The molecule has 2 rings (SSSR count). The third-order valence-electron chi connectivity index (χ3n) is 2.56. The van der Waals surface area contributed by atoms with Crippen LogP contribution in [-0.2, 0) is 13.0 Å². The first-order valence-electron chi connectivity index (χ1n) is 5.59. The van der Waals surface area contributed by atoms with Gasteiger partial charge in [-0.2, -0.15) is 5.10 Å². The van der Waals surface area contributed by atoms with Crippen molar-refractivity contribution in [1.29, 1.82) is 0 Å². The van der Waals surface area contributed by atoms with Gasteiger partial charge in [0.25, 0.3) is 0 Å². The number of nitrogens with zero attached hydrogens (tertiary/aromatic N) is 2. The maximum Gasteiger partial charge on any atom is 0.195 e. The summed E-state index contributed by atoms with van der Waals surface area (Å²) in [4.78, 5) is 0. The number of aromatic amines is 1. The number of hydrogen-bond acceptors (Lipinski definition) is 2. The summed E-state index contributed by atoms with van der Waals surface area (Å²) in [7, 11) is 0. The monoisotopic (exact) mass is 267 g/mol. The lowest BCUT2D eigenvalue weighted by Gasteiger charge is -2.06. The summed E-state index contributed by atoms with van der Waals surface area (Å²) in [6.45, 7) is 2.87. The zero-order valence-electron chi connectivity index (χ0n) is 9.61. The average molecular weight is 268 g/mol. The smallest absolute Gasteiger partial charge is 0.195 e. The molecule has 0 amide bonds. The highest BCUT2D eigenvalue weighted by Crippen LogP contribution is 2.12. The molecule has 0 aliphatic carbocycles. The van der Waals surface area contributed by atoms with Gasteiger partial charge in [-0.1, -0.05) is 30.7 Å². The topological polar surface area (TPSA) is 33.6 Å². The number of nitrogens with one attached hydrogen (secondary N) is 1. The van der Waals surface area contributed by atoms with E-state index < -0.39 is 0 Å². The fourth-order valence-electron chi connectivity index (χ4n) is 1.70. The number of aryl methyl sites for hydroxylation is 1. The molecule has 0 spiro atoms. The van der Waals surface area contributed by atoms with Crippen molar-refractivity contribution in [3.63, 3.8) is 0 Å². The van der Waals surface area contributed by atoms with Gasteiger partial charge in [-0.3, -0.25) is 9.67 Å². The molecule has 90 valence electrons. The molecular formula is C12H14ClN3S. The molecule has 0 saturated carbocycles. The van der Waals surface area contributed by atoms with Gasteiger partial charge >= 0.3 is 0 Å². The second kappa shape index (κ2) is 5.47. The van der Waals surface area contributed by atoms with Gasteiger partial charge in [-0.25, -0.2) is 0 Å². The minimum Gasteiger partial charge on any atom is -0.300 e. The first kappa shape index (κ1) is 12.3. The van der Waals surface area contributed by atoms with Crippen molar-refractivity contribution in [2.75, 3.05) is 0 Å². The second-order valence-corrected chi connectivity index (χ2v) is 4.73. The number of H-pyrrole nitrogens is 1. The van der Waals surface area contributed by atoms with E-state index in [9.17, 15) is 0 Å². The maximum absolute atomic E-state index is 5.86. The van der Waals surface area contributed by atoms with E-state index in [2.05, 4.69) is 17.1 Å². The normalized spacial score (nSPS) is 10.7. The lowest BCUT2D eigenvalue weighted by atomic mass is 10.2. The largest absolute Gasteiger partial charge is 0.300 e. The van der Waals surface area contributed by atoms with Crippen LogP contribution in [0, 0.1) is 4.77 Å². The van der Waals surface area contributed by atoms with E-state index in [1.165, 1.54) is 5.56 Å². The lowest BCUT2D eigenvalue weighted by molar-refractivity contribution is 0.699. The molecule has 2 aromatic rings. The SMILES string of the molecule is CCCc1n[nH]c(=S)n1Cc1ccc(Cl)cc1. The molecule has 1 N–H and O–H groups in total. The van der Waals surface area contributed by atoms with Gasteiger partial charge in [0.2, 0.25) is 0 Å². The Morgan fingerprint density at radius 3 is 2.71 bits per heavy atom. The summed E-state index contributed by atoms with van der Waals surface area (Å²) in [5.41, 5.74) is 1.17. The molecule has 5 heteroatoms. The zero-order chi connectivity index (χ0) is 12.3. The molecule has 0 bridgehead atoms. The zero-order valence-corrected chi connectivity index (χ0v) is 11.2. The van der Waals surface area contributed by atoms with E-state index in [0.29, 0.717) is 4.77 Å². The molecule has 0 saturated heterocycles. The van der Waals surface area contributed by atoms with Crippen LogP contribution >= 0.6 is 23.8 Å². The predicted octanol–water partition coefficient (Wildman–Crippen LogP) is 3.59. The quantitative estimate of drug-likeness (QED) is 0.859. The summed E-state index contributed by atoms with van der Waals surface area (Å²) < 4.78 is 2.70. The standard InChI is InChI=1S/C12H14ClN3S/c1-2-3-11-14-15-12(17)16(11)8-9-4-6-10(13)7-5-9/h4-7H,2-3,8H2,1H3,(H,15,17). The summed E-state index contributed by atoms with van der Waals surface area (Å²) in [5.74, 6) is 1.01. The van der Waals surface area contributed by atoms with E-state index >= 15 is 0 Å². The summed E-state index contributed by atoms with van der Waals surface area (Å²) in [6, 6.07) is 7.79. The molecule has 17 heavy (non-hydrogen) atoms. The van der Waals surface area contributed by atoms with Gasteiger partial charge < -0.3 is 0 Å². The summed E-state index contributed by atoms with van der Waals surface area (Å²) >= 11 is 11.1.